The van der Waals surface area contributed by atoms with Gasteiger partial charge in [0.1, 0.15) is 27.7 Å². The number of rotatable bonds is 17. The third kappa shape index (κ3) is 11.5. The third-order valence-corrected chi connectivity index (χ3v) is 10.7. The highest BCUT2D eigenvalue weighted by Gasteiger charge is 2.23. The van der Waals surface area contributed by atoms with Gasteiger partial charge in [-0.25, -0.2) is 26.3 Å². The molecule has 0 aromatic heterocycles. The number of hydrogen-bond acceptors (Lipinski definition) is 20. The molecule has 0 heterocycles. The highest BCUT2D eigenvalue weighted by molar-refractivity contribution is 7.92. The molecule has 0 unspecified atom stereocenters. The van der Waals surface area contributed by atoms with Crippen molar-refractivity contribution < 1.29 is 70.9 Å². The standard InChI is InChI=1S/C22H23N5O16S5/c23-17-12-21(28)20(13-19(17)26-24-14-1-3-15(4-2-14)45(30,31)10-8-41-48(37,38)39)27-25-18-6-5-16(11-22(18)47(34,35)36)46(32,33)9-7-40-44-43-42-29/h1-6,11-13,28-29H,7-10,23H2,(H,34,35,36)(H,37,38,39)/b26-24+,27-25+. The topological polar surface area (TPSA) is 330 Å². The van der Waals surface area contributed by atoms with Crippen LogP contribution in [0.2, 0.25) is 0 Å². The maximum Gasteiger partial charge on any atom is 0.397 e. The molecular weight excluding hydrogens is 751 g/mol. The van der Waals surface area contributed by atoms with Crippen LogP contribution in [0.15, 0.2) is 89.7 Å². The number of nitrogen functional groups attached to an aromatic ring is 1. The summed E-state index contributed by atoms with van der Waals surface area (Å²) in [5, 5.41) is 36.9. The van der Waals surface area contributed by atoms with Gasteiger partial charge in [0, 0.05) is 6.07 Å². The summed E-state index contributed by atoms with van der Waals surface area (Å²) in [7, 11) is -18.0. The van der Waals surface area contributed by atoms with E-state index in [9.17, 15) is 43.3 Å². The van der Waals surface area contributed by atoms with E-state index in [0.717, 1.165) is 36.4 Å². The van der Waals surface area contributed by atoms with E-state index in [-0.39, 0.29) is 40.0 Å². The summed E-state index contributed by atoms with van der Waals surface area (Å²) in [6.07, 6.45) is 0. The van der Waals surface area contributed by atoms with E-state index in [1.165, 1.54) is 12.1 Å². The van der Waals surface area contributed by atoms with Crippen molar-refractivity contribution in [3.05, 3.63) is 54.6 Å². The van der Waals surface area contributed by atoms with Gasteiger partial charge in [0.05, 0.1) is 45.9 Å². The summed E-state index contributed by atoms with van der Waals surface area (Å²) >= 11 is 0.127. The average molecular weight is 774 g/mol. The Morgan fingerprint density at radius 3 is 1.92 bits per heavy atom. The van der Waals surface area contributed by atoms with E-state index >= 15 is 0 Å². The molecule has 0 radical (unpaired) electrons. The van der Waals surface area contributed by atoms with Gasteiger partial charge in [-0.2, -0.15) is 21.9 Å². The average Bonchev–Trinajstić information content (AvgIpc) is 2.99. The van der Waals surface area contributed by atoms with Crippen molar-refractivity contribution in [2.24, 2.45) is 20.5 Å². The Hall–Kier alpha value is -3.67. The van der Waals surface area contributed by atoms with Crippen LogP contribution >= 0.6 is 12.3 Å². The number of nitrogens with zero attached hydrogens (tertiary/aromatic N) is 4. The third-order valence-electron chi connectivity index (χ3n) is 5.55. The second-order valence-corrected chi connectivity index (χ2v) is 16.0. The smallest absolute Gasteiger partial charge is 0.397 e. The monoisotopic (exact) mass is 773 g/mol. The minimum atomic E-state index is -5.05. The van der Waals surface area contributed by atoms with Crippen molar-refractivity contribution in [1.82, 2.24) is 0 Å². The van der Waals surface area contributed by atoms with Gasteiger partial charge in [-0.3, -0.25) is 13.3 Å². The van der Waals surface area contributed by atoms with Crippen molar-refractivity contribution in [1.29, 1.82) is 0 Å². The van der Waals surface area contributed by atoms with Crippen LogP contribution in [0.4, 0.5) is 28.4 Å². The largest absolute Gasteiger partial charge is 0.506 e. The first-order valence-electron chi connectivity index (χ1n) is 12.3. The number of phenols is 1. The second-order valence-electron chi connectivity index (χ2n) is 8.82. The molecule has 0 bridgehead atoms. The molecule has 6 N–H and O–H groups in total. The van der Waals surface area contributed by atoms with Gasteiger partial charge in [0.2, 0.25) is 0 Å². The first-order chi connectivity index (χ1) is 22.3. The fraction of sp³-hybridized carbons (Fsp3) is 0.182. The maximum absolute atomic E-state index is 12.6. The lowest BCUT2D eigenvalue weighted by Gasteiger charge is -2.08. The van der Waals surface area contributed by atoms with Crippen LogP contribution in [0.25, 0.3) is 0 Å². The van der Waals surface area contributed by atoms with E-state index in [2.05, 4.69) is 38.2 Å². The Kier molecular flexibility index (Phi) is 13.0. The van der Waals surface area contributed by atoms with Crippen LogP contribution < -0.4 is 5.73 Å². The quantitative estimate of drug-likeness (QED) is 0.0249. The van der Waals surface area contributed by atoms with Crippen LogP contribution in [0.1, 0.15) is 0 Å². The number of hydrogen-bond donors (Lipinski definition) is 5. The van der Waals surface area contributed by atoms with Crippen LogP contribution in [0.3, 0.4) is 0 Å². The highest BCUT2D eigenvalue weighted by Crippen LogP contribution is 2.38. The zero-order chi connectivity index (χ0) is 35.8. The Morgan fingerprint density at radius 2 is 1.29 bits per heavy atom. The summed E-state index contributed by atoms with van der Waals surface area (Å²) < 4.78 is 126. The van der Waals surface area contributed by atoms with Crippen molar-refractivity contribution in [3.8, 4) is 5.75 Å². The van der Waals surface area contributed by atoms with E-state index in [4.69, 9.17) is 15.5 Å². The molecule has 0 fully saturated rings. The summed E-state index contributed by atoms with van der Waals surface area (Å²) in [5.74, 6) is -1.96. The van der Waals surface area contributed by atoms with E-state index < -0.39 is 86.1 Å². The van der Waals surface area contributed by atoms with Crippen LogP contribution in [0, 0.1) is 0 Å². The molecule has 0 atom stereocenters. The number of azo groups is 2. The predicted molar refractivity (Wildman–Crippen MR) is 164 cm³/mol. The van der Waals surface area contributed by atoms with Gasteiger partial charge in [-0.05, 0) is 48.5 Å². The lowest BCUT2D eigenvalue weighted by molar-refractivity contribution is -0.434. The van der Waals surface area contributed by atoms with Crippen LogP contribution in [-0.2, 0) is 57.9 Å². The summed E-state index contributed by atoms with van der Waals surface area (Å²) in [4.78, 5) is -1.68. The Labute approximate surface area is 276 Å². The van der Waals surface area contributed by atoms with Gasteiger partial charge in [0.25, 0.3) is 10.1 Å². The summed E-state index contributed by atoms with van der Waals surface area (Å²) in [5.41, 5.74) is 5.00. The molecule has 0 aliphatic carbocycles. The maximum atomic E-state index is 12.6. The van der Waals surface area contributed by atoms with Crippen molar-refractivity contribution in [2.45, 2.75) is 14.7 Å². The molecule has 0 aliphatic heterocycles. The zero-order valence-electron chi connectivity index (χ0n) is 23.6. The number of nitrogens with two attached hydrogens (primary N) is 1. The van der Waals surface area contributed by atoms with Crippen LogP contribution in [0.5, 0.6) is 5.75 Å². The van der Waals surface area contributed by atoms with Crippen molar-refractivity contribution >= 4 is 81.0 Å². The number of phenolic OH excluding ortho intramolecular Hbond substituents is 1. The van der Waals surface area contributed by atoms with Crippen molar-refractivity contribution in [2.75, 3.05) is 30.5 Å². The molecular formula is C22H23N5O16S5. The molecule has 262 valence electrons. The fourth-order valence-electron chi connectivity index (χ4n) is 3.36. The molecule has 0 spiro atoms. The first kappa shape index (κ1) is 38.8. The zero-order valence-corrected chi connectivity index (χ0v) is 27.7. The molecule has 3 aromatic carbocycles. The number of anilines is 1. The van der Waals surface area contributed by atoms with Gasteiger partial charge in [-0.15, -0.1) is 19.7 Å². The Balaban J connectivity index is 1.83. The number of aromatic hydroxyl groups is 1. The SMILES string of the molecule is Nc1cc(O)c(/N=N/c2ccc(S(=O)(=O)CCOSOOO)cc2S(=O)(=O)O)cc1/N=N/c1ccc(S(=O)(=O)CCOS(=O)(=O)O)cc1. The molecule has 21 nitrogen and oxygen atoms in total. The molecule has 0 saturated heterocycles. The Bertz CT molecular complexity index is 2120. The normalized spacial score (nSPS) is 13.1. The molecule has 3 rings (SSSR count). The molecule has 0 aliphatic rings. The molecule has 48 heavy (non-hydrogen) atoms. The second kappa shape index (κ2) is 16.2. The van der Waals surface area contributed by atoms with E-state index in [1.54, 1.807) is 0 Å². The minimum absolute atomic E-state index is 0.0754. The van der Waals surface area contributed by atoms with Crippen LogP contribution in [-0.4, -0.2) is 77.9 Å². The molecule has 26 heteroatoms. The van der Waals surface area contributed by atoms with E-state index in [1.807, 2.05) is 0 Å². The fourth-order valence-corrected chi connectivity index (χ4v) is 7.00. The number of sulfone groups is 2. The van der Waals surface area contributed by atoms with E-state index in [0.29, 0.717) is 6.07 Å². The molecule has 0 amide bonds. The summed E-state index contributed by atoms with van der Waals surface area (Å²) in [6.45, 7) is -1.29. The first-order valence-corrected chi connectivity index (χ1v) is 19.1. The lowest BCUT2D eigenvalue weighted by Crippen LogP contribution is -2.15. The van der Waals surface area contributed by atoms with Gasteiger partial charge >= 0.3 is 10.4 Å². The lowest BCUT2D eigenvalue weighted by atomic mass is 10.2. The van der Waals surface area contributed by atoms with Gasteiger partial charge < -0.3 is 10.8 Å². The minimum Gasteiger partial charge on any atom is -0.506 e. The predicted octanol–water partition coefficient (Wildman–Crippen LogP) is 3.42. The summed E-state index contributed by atoms with van der Waals surface area (Å²) in [6, 6.07) is 9.46. The molecule has 3 aromatic rings. The van der Waals surface area contributed by atoms with Gasteiger partial charge in [0.15, 0.2) is 32.0 Å². The number of benzene rings is 3. The Morgan fingerprint density at radius 1 is 0.708 bits per heavy atom. The molecule has 0 saturated carbocycles. The van der Waals surface area contributed by atoms with Crippen molar-refractivity contribution in [3.63, 3.8) is 0 Å². The van der Waals surface area contributed by atoms with Gasteiger partial charge in [-0.1, -0.05) is 5.04 Å². The highest BCUT2D eigenvalue weighted by atomic mass is 32.3.